The molecule has 1 unspecified atom stereocenters. The largest absolute Gasteiger partial charge is 0.383 e. The van der Waals surface area contributed by atoms with Gasteiger partial charge < -0.3 is 10.5 Å². The Morgan fingerprint density at radius 2 is 2.17 bits per heavy atom. The standard InChI is InChI=1S/C13H20IN3O/c1-3-6-9-10(14)11(15)17-12(16-9)13(2)7-4-5-8-18-13/h3-8H2,1-2H3,(H2,15,16,17). The van der Waals surface area contributed by atoms with E-state index in [1.165, 1.54) is 0 Å². The summed E-state index contributed by atoms with van der Waals surface area (Å²) in [5, 5.41) is 0. The van der Waals surface area contributed by atoms with Crippen molar-refractivity contribution in [2.45, 2.75) is 51.6 Å². The number of halogens is 1. The van der Waals surface area contributed by atoms with Gasteiger partial charge in [0.2, 0.25) is 0 Å². The summed E-state index contributed by atoms with van der Waals surface area (Å²) in [4.78, 5) is 9.14. The molecule has 0 aromatic carbocycles. The van der Waals surface area contributed by atoms with Gasteiger partial charge in [-0.1, -0.05) is 13.3 Å². The lowest BCUT2D eigenvalue weighted by molar-refractivity contribution is -0.0761. The first-order chi connectivity index (χ1) is 8.57. The van der Waals surface area contributed by atoms with Gasteiger partial charge in [-0.05, 0) is 55.2 Å². The van der Waals surface area contributed by atoms with Gasteiger partial charge in [-0.3, -0.25) is 0 Å². The summed E-state index contributed by atoms with van der Waals surface area (Å²) in [6.45, 7) is 5.01. The van der Waals surface area contributed by atoms with Crippen LogP contribution in [0.2, 0.25) is 0 Å². The van der Waals surface area contributed by atoms with E-state index in [1.807, 2.05) is 0 Å². The highest BCUT2D eigenvalue weighted by atomic mass is 127. The zero-order chi connectivity index (χ0) is 13.2. The fourth-order valence-corrected chi connectivity index (χ4v) is 2.77. The number of nitrogens with two attached hydrogens (primary N) is 1. The lowest BCUT2D eigenvalue weighted by Crippen LogP contribution is -2.33. The summed E-state index contributed by atoms with van der Waals surface area (Å²) in [5.74, 6) is 1.34. The number of hydrogen-bond donors (Lipinski definition) is 1. The van der Waals surface area contributed by atoms with Crippen molar-refractivity contribution in [1.29, 1.82) is 0 Å². The average Bonchev–Trinajstić information content (AvgIpc) is 2.36. The van der Waals surface area contributed by atoms with Gasteiger partial charge in [0.1, 0.15) is 11.4 Å². The van der Waals surface area contributed by atoms with Crippen LogP contribution in [0, 0.1) is 3.57 Å². The maximum absolute atomic E-state index is 6.00. The Morgan fingerprint density at radius 3 is 2.78 bits per heavy atom. The van der Waals surface area contributed by atoms with Gasteiger partial charge in [0, 0.05) is 6.61 Å². The van der Waals surface area contributed by atoms with Gasteiger partial charge in [0.05, 0.1) is 9.26 Å². The molecule has 0 spiro atoms. The van der Waals surface area contributed by atoms with Gasteiger partial charge in [-0.25, -0.2) is 9.97 Å². The number of anilines is 1. The van der Waals surface area contributed by atoms with Crippen molar-refractivity contribution in [2.75, 3.05) is 12.3 Å². The summed E-state index contributed by atoms with van der Waals surface area (Å²) < 4.78 is 6.88. The number of ether oxygens (including phenoxy) is 1. The number of nitrogens with zero attached hydrogens (tertiary/aromatic N) is 2. The molecule has 2 heterocycles. The molecular weight excluding hydrogens is 341 g/mol. The Balaban J connectivity index is 2.38. The average molecular weight is 361 g/mol. The van der Waals surface area contributed by atoms with Crippen LogP contribution < -0.4 is 5.73 Å². The van der Waals surface area contributed by atoms with Gasteiger partial charge in [-0.15, -0.1) is 0 Å². The first-order valence-electron chi connectivity index (χ1n) is 6.53. The van der Waals surface area contributed by atoms with Crippen LogP contribution in [0.3, 0.4) is 0 Å². The molecule has 2 rings (SSSR count). The third kappa shape index (κ3) is 2.77. The fourth-order valence-electron chi connectivity index (χ4n) is 2.26. The Morgan fingerprint density at radius 1 is 1.39 bits per heavy atom. The van der Waals surface area contributed by atoms with Crippen molar-refractivity contribution in [3.05, 3.63) is 15.1 Å². The van der Waals surface area contributed by atoms with Crippen molar-refractivity contribution in [3.8, 4) is 0 Å². The van der Waals surface area contributed by atoms with Crippen molar-refractivity contribution >= 4 is 28.4 Å². The highest BCUT2D eigenvalue weighted by molar-refractivity contribution is 14.1. The molecule has 1 saturated heterocycles. The Hall–Kier alpha value is -0.430. The van der Waals surface area contributed by atoms with Crippen molar-refractivity contribution < 1.29 is 4.74 Å². The van der Waals surface area contributed by atoms with Crippen LogP contribution in [0.15, 0.2) is 0 Å². The van der Waals surface area contributed by atoms with E-state index in [0.717, 1.165) is 53.8 Å². The second-order valence-electron chi connectivity index (χ2n) is 4.98. The molecule has 1 aliphatic rings. The molecule has 0 radical (unpaired) electrons. The SMILES string of the molecule is CCCc1nc(C2(C)CCCCO2)nc(N)c1I. The normalized spacial score (nSPS) is 24.2. The summed E-state index contributed by atoms with van der Waals surface area (Å²) in [5.41, 5.74) is 6.69. The molecular formula is C13H20IN3O. The molecule has 18 heavy (non-hydrogen) atoms. The zero-order valence-corrected chi connectivity index (χ0v) is 13.2. The molecule has 1 aromatic heterocycles. The van der Waals surface area contributed by atoms with Crippen molar-refractivity contribution in [3.63, 3.8) is 0 Å². The van der Waals surface area contributed by atoms with E-state index in [4.69, 9.17) is 15.5 Å². The van der Waals surface area contributed by atoms with Crippen LogP contribution in [0.25, 0.3) is 0 Å². The van der Waals surface area contributed by atoms with Crippen LogP contribution in [0.5, 0.6) is 0 Å². The third-order valence-corrected chi connectivity index (χ3v) is 4.55. The van der Waals surface area contributed by atoms with E-state index >= 15 is 0 Å². The predicted molar refractivity (Wildman–Crippen MR) is 80.3 cm³/mol. The molecule has 0 amide bonds. The molecule has 1 aromatic rings. The molecule has 100 valence electrons. The maximum Gasteiger partial charge on any atom is 0.162 e. The fraction of sp³-hybridized carbons (Fsp3) is 0.692. The van der Waals surface area contributed by atoms with E-state index in [-0.39, 0.29) is 5.60 Å². The molecule has 0 aliphatic carbocycles. The number of aryl methyl sites for hydroxylation is 1. The van der Waals surface area contributed by atoms with Crippen LogP contribution >= 0.6 is 22.6 Å². The zero-order valence-electron chi connectivity index (χ0n) is 11.0. The molecule has 5 heteroatoms. The quantitative estimate of drug-likeness (QED) is 0.841. The first-order valence-corrected chi connectivity index (χ1v) is 7.61. The minimum absolute atomic E-state index is 0.362. The number of rotatable bonds is 3. The molecule has 1 atom stereocenters. The Bertz CT molecular complexity index is 430. The number of aromatic nitrogens is 2. The maximum atomic E-state index is 6.00. The molecule has 1 aliphatic heterocycles. The molecule has 2 N–H and O–H groups in total. The summed E-state index contributed by atoms with van der Waals surface area (Å²) >= 11 is 2.23. The summed E-state index contributed by atoms with van der Waals surface area (Å²) in [7, 11) is 0. The Kier molecular flexibility index (Phi) is 4.42. The van der Waals surface area contributed by atoms with Crippen LogP contribution in [-0.2, 0) is 16.8 Å². The lowest BCUT2D eigenvalue weighted by atomic mass is 9.95. The van der Waals surface area contributed by atoms with Gasteiger partial charge >= 0.3 is 0 Å². The molecule has 0 saturated carbocycles. The lowest BCUT2D eigenvalue weighted by Gasteiger charge is -2.32. The number of nitrogen functional groups attached to an aromatic ring is 1. The van der Waals surface area contributed by atoms with Gasteiger partial charge in [-0.2, -0.15) is 0 Å². The van der Waals surface area contributed by atoms with E-state index in [9.17, 15) is 0 Å². The first kappa shape index (κ1) is 14.0. The van der Waals surface area contributed by atoms with Crippen LogP contribution in [-0.4, -0.2) is 16.6 Å². The van der Waals surface area contributed by atoms with Gasteiger partial charge in [0.15, 0.2) is 5.82 Å². The molecule has 4 nitrogen and oxygen atoms in total. The van der Waals surface area contributed by atoms with Crippen LogP contribution in [0.4, 0.5) is 5.82 Å². The van der Waals surface area contributed by atoms with E-state index in [2.05, 4.69) is 41.4 Å². The van der Waals surface area contributed by atoms with E-state index < -0.39 is 0 Å². The second-order valence-corrected chi connectivity index (χ2v) is 6.06. The van der Waals surface area contributed by atoms with E-state index in [0.29, 0.717) is 5.82 Å². The van der Waals surface area contributed by atoms with Crippen LogP contribution in [0.1, 0.15) is 51.0 Å². The predicted octanol–water partition coefficient (Wildman–Crippen LogP) is 3.03. The summed E-state index contributed by atoms with van der Waals surface area (Å²) in [6.07, 6.45) is 5.25. The smallest absolute Gasteiger partial charge is 0.162 e. The van der Waals surface area contributed by atoms with Gasteiger partial charge in [0.25, 0.3) is 0 Å². The minimum Gasteiger partial charge on any atom is -0.383 e. The highest BCUT2D eigenvalue weighted by Gasteiger charge is 2.33. The molecule has 0 bridgehead atoms. The Labute approximate surface area is 122 Å². The monoisotopic (exact) mass is 361 g/mol. The second kappa shape index (κ2) is 5.69. The summed E-state index contributed by atoms with van der Waals surface area (Å²) in [6, 6.07) is 0. The third-order valence-electron chi connectivity index (χ3n) is 3.37. The van der Waals surface area contributed by atoms with Crippen molar-refractivity contribution in [2.24, 2.45) is 0 Å². The highest BCUT2D eigenvalue weighted by Crippen LogP contribution is 2.34. The van der Waals surface area contributed by atoms with Crippen molar-refractivity contribution in [1.82, 2.24) is 9.97 Å². The minimum atomic E-state index is -0.362. The topological polar surface area (TPSA) is 61.0 Å². The van der Waals surface area contributed by atoms with E-state index in [1.54, 1.807) is 0 Å². The molecule has 1 fully saturated rings. The number of hydrogen-bond acceptors (Lipinski definition) is 4.